The number of aromatic nitrogens is 4. The molecule has 0 atom stereocenters. The van der Waals surface area contributed by atoms with Crippen LogP contribution in [0.2, 0.25) is 0 Å². The average Bonchev–Trinajstić information content (AvgIpc) is 2.68. The van der Waals surface area contributed by atoms with Crippen LogP contribution < -0.4 is 0 Å². The molecule has 0 spiro atoms. The minimum atomic E-state index is -1.63. The fourth-order valence-corrected chi connectivity index (χ4v) is 1.16. The van der Waals surface area contributed by atoms with Crippen molar-refractivity contribution in [3.63, 3.8) is 0 Å². The zero-order valence-electron chi connectivity index (χ0n) is 7.85. The SMILES string of the molecule is OC(O)c1ncn(Cc2ccccn2)n1. The van der Waals surface area contributed by atoms with E-state index in [9.17, 15) is 0 Å². The molecule has 6 heteroatoms. The van der Waals surface area contributed by atoms with E-state index in [2.05, 4.69) is 15.1 Å². The van der Waals surface area contributed by atoms with Gasteiger partial charge in [0.15, 0.2) is 0 Å². The first kappa shape index (κ1) is 9.75. The van der Waals surface area contributed by atoms with Gasteiger partial charge in [-0.3, -0.25) is 4.98 Å². The standard InChI is InChI=1S/C9H10N4O2/c14-9(15)8-11-6-13(12-8)5-7-3-1-2-4-10-7/h1-4,6,9,14-15H,5H2. The van der Waals surface area contributed by atoms with Gasteiger partial charge in [-0.15, -0.1) is 0 Å². The van der Waals surface area contributed by atoms with E-state index in [0.29, 0.717) is 6.54 Å². The second-order valence-electron chi connectivity index (χ2n) is 3.00. The summed E-state index contributed by atoms with van der Waals surface area (Å²) in [6.45, 7) is 0.459. The molecule has 0 aromatic carbocycles. The van der Waals surface area contributed by atoms with Crippen molar-refractivity contribution >= 4 is 0 Å². The molecule has 2 aromatic heterocycles. The van der Waals surface area contributed by atoms with Crippen LogP contribution in [0.25, 0.3) is 0 Å². The van der Waals surface area contributed by atoms with Gasteiger partial charge in [0, 0.05) is 6.20 Å². The van der Waals surface area contributed by atoms with Crippen molar-refractivity contribution in [2.24, 2.45) is 0 Å². The molecule has 78 valence electrons. The lowest BCUT2D eigenvalue weighted by atomic mass is 10.3. The van der Waals surface area contributed by atoms with Crippen molar-refractivity contribution in [3.05, 3.63) is 42.2 Å². The van der Waals surface area contributed by atoms with Crippen molar-refractivity contribution in [3.8, 4) is 0 Å². The fraction of sp³-hybridized carbons (Fsp3) is 0.222. The van der Waals surface area contributed by atoms with E-state index >= 15 is 0 Å². The Labute approximate surface area is 85.9 Å². The molecule has 6 nitrogen and oxygen atoms in total. The lowest BCUT2D eigenvalue weighted by Crippen LogP contribution is -2.04. The van der Waals surface area contributed by atoms with E-state index in [-0.39, 0.29) is 5.82 Å². The molecule has 2 aromatic rings. The Hall–Kier alpha value is -1.79. The third kappa shape index (κ3) is 2.36. The molecule has 0 saturated heterocycles. The normalized spacial score (nSPS) is 10.9. The molecule has 0 fully saturated rings. The number of nitrogens with zero attached hydrogens (tertiary/aromatic N) is 4. The van der Waals surface area contributed by atoms with Crippen LogP contribution in [0.4, 0.5) is 0 Å². The number of hydrogen-bond acceptors (Lipinski definition) is 5. The van der Waals surface area contributed by atoms with Crippen LogP contribution in [0.3, 0.4) is 0 Å². The fourth-order valence-electron chi connectivity index (χ4n) is 1.16. The summed E-state index contributed by atoms with van der Waals surface area (Å²) in [6, 6.07) is 5.56. The highest BCUT2D eigenvalue weighted by Gasteiger charge is 2.08. The van der Waals surface area contributed by atoms with E-state index in [4.69, 9.17) is 10.2 Å². The highest BCUT2D eigenvalue weighted by Crippen LogP contribution is 2.02. The van der Waals surface area contributed by atoms with E-state index < -0.39 is 6.29 Å². The first-order valence-electron chi connectivity index (χ1n) is 4.41. The molecule has 2 rings (SSSR count). The van der Waals surface area contributed by atoms with Crippen LogP contribution in [0, 0.1) is 0 Å². The van der Waals surface area contributed by atoms with Crippen LogP contribution >= 0.6 is 0 Å². The summed E-state index contributed by atoms with van der Waals surface area (Å²) >= 11 is 0. The quantitative estimate of drug-likeness (QED) is 0.674. The maximum atomic E-state index is 8.80. The van der Waals surface area contributed by atoms with Crippen LogP contribution in [0.1, 0.15) is 17.8 Å². The number of hydrogen-bond donors (Lipinski definition) is 2. The van der Waals surface area contributed by atoms with Gasteiger partial charge < -0.3 is 10.2 Å². The first-order chi connectivity index (χ1) is 7.25. The summed E-state index contributed by atoms with van der Waals surface area (Å²) in [6.07, 6.45) is 1.49. The maximum Gasteiger partial charge on any atom is 0.216 e. The van der Waals surface area contributed by atoms with Gasteiger partial charge >= 0.3 is 0 Å². The molecule has 0 amide bonds. The highest BCUT2D eigenvalue weighted by atomic mass is 16.5. The highest BCUT2D eigenvalue weighted by molar-refractivity contribution is 5.03. The summed E-state index contributed by atoms with van der Waals surface area (Å²) < 4.78 is 1.50. The number of aliphatic hydroxyl groups excluding tert-OH is 1. The van der Waals surface area contributed by atoms with Gasteiger partial charge in [0.1, 0.15) is 6.33 Å². The average molecular weight is 206 g/mol. The molecule has 0 unspecified atom stereocenters. The minimum absolute atomic E-state index is 0.00840. The van der Waals surface area contributed by atoms with E-state index in [1.165, 1.54) is 11.0 Å². The van der Waals surface area contributed by atoms with Crippen molar-refractivity contribution in [2.45, 2.75) is 12.8 Å². The predicted octanol–water partition coefficient (Wildman–Crippen LogP) is -0.295. The summed E-state index contributed by atoms with van der Waals surface area (Å²) in [5.41, 5.74) is 0.835. The van der Waals surface area contributed by atoms with Crippen molar-refractivity contribution < 1.29 is 10.2 Å². The Bertz CT molecular complexity index is 427. The Morgan fingerprint density at radius 3 is 2.73 bits per heavy atom. The first-order valence-corrected chi connectivity index (χ1v) is 4.41. The summed E-state index contributed by atoms with van der Waals surface area (Å²) in [7, 11) is 0. The van der Waals surface area contributed by atoms with Gasteiger partial charge in [-0.2, -0.15) is 5.10 Å². The lowest BCUT2D eigenvalue weighted by Gasteiger charge is -1.99. The molecule has 0 saturated carbocycles. The van der Waals surface area contributed by atoms with Crippen molar-refractivity contribution in [1.82, 2.24) is 19.7 Å². The molecule has 0 aliphatic heterocycles. The van der Waals surface area contributed by atoms with Gasteiger partial charge in [-0.1, -0.05) is 6.07 Å². The Morgan fingerprint density at radius 2 is 2.13 bits per heavy atom. The second kappa shape index (κ2) is 4.16. The molecular weight excluding hydrogens is 196 g/mol. The third-order valence-electron chi connectivity index (χ3n) is 1.84. The molecule has 2 N–H and O–H groups in total. The number of aliphatic hydroxyl groups is 2. The van der Waals surface area contributed by atoms with Gasteiger partial charge in [0.2, 0.25) is 12.1 Å². The van der Waals surface area contributed by atoms with Gasteiger partial charge in [0.05, 0.1) is 12.2 Å². The molecular formula is C9H10N4O2. The summed E-state index contributed by atoms with van der Waals surface area (Å²) in [5, 5.41) is 21.5. The van der Waals surface area contributed by atoms with E-state index in [1.807, 2.05) is 18.2 Å². The van der Waals surface area contributed by atoms with Crippen LogP contribution in [-0.2, 0) is 6.54 Å². The van der Waals surface area contributed by atoms with Gasteiger partial charge in [0.25, 0.3) is 0 Å². The lowest BCUT2D eigenvalue weighted by molar-refractivity contribution is -0.0494. The molecule has 0 aliphatic rings. The number of rotatable bonds is 3. The Balaban J connectivity index is 2.12. The smallest absolute Gasteiger partial charge is 0.216 e. The maximum absolute atomic E-state index is 8.80. The van der Waals surface area contributed by atoms with Crippen LogP contribution in [-0.4, -0.2) is 30.0 Å². The van der Waals surface area contributed by atoms with E-state index in [0.717, 1.165) is 5.69 Å². The van der Waals surface area contributed by atoms with Crippen molar-refractivity contribution in [2.75, 3.05) is 0 Å². The van der Waals surface area contributed by atoms with Gasteiger partial charge in [-0.05, 0) is 12.1 Å². The predicted molar refractivity (Wildman–Crippen MR) is 50.5 cm³/mol. The van der Waals surface area contributed by atoms with E-state index in [1.54, 1.807) is 6.20 Å². The van der Waals surface area contributed by atoms with Gasteiger partial charge in [-0.25, -0.2) is 9.67 Å². The Kier molecular flexibility index (Phi) is 2.70. The van der Waals surface area contributed by atoms with Crippen LogP contribution in [0.5, 0.6) is 0 Å². The minimum Gasteiger partial charge on any atom is -0.362 e. The molecule has 0 aliphatic carbocycles. The van der Waals surface area contributed by atoms with Crippen molar-refractivity contribution in [1.29, 1.82) is 0 Å². The monoisotopic (exact) mass is 206 g/mol. The zero-order chi connectivity index (χ0) is 10.7. The topological polar surface area (TPSA) is 84.1 Å². The molecule has 15 heavy (non-hydrogen) atoms. The van der Waals surface area contributed by atoms with Crippen LogP contribution in [0.15, 0.2) is 30.7 Å². The third-order valence-corrected chi connectivity index (χ3v) is 1.84. The summed E-state index contributed by atoms with van der Waals surface area (Å²) in [4.78, 5) is 7.85. The number of pyridine rings is 1. The molecule has 0 bridgehead atoms. The summed E-state index contributed by atoms with van der Waals surface area (Å²) in [5.74, 6) is -0.00840. The Morgan fingerprint density at radius 1 is 1.27 bits per heavy atom. The second-order valence-corrected chi connectivity index (χ2v) is 3.00. The largest absolute Gasteiger partial charge is 0.362 e. The zero-order valence-corrected chi connectivity index (χ0v) is 7.85. The molecule has 0 radical (unpaired) electrons. The molecule has 2 heterocycles.